The smallest absolute Gasteiger partial charge is 0.398 e. The predicted molar refractivity (Wildman–Crippen MR) is 79.4 cm³/mol. The maximum absolute atomic E-state index is 12.5. The van der Waals surface area contributed by atoms with Gasteiger partial charge >= 0.3 is 6.18 Å². The van der Waals surface area contributed by atoms with Crippen molar-refractivity contribution in [3.63, 3.8) is 0 Å². The molecule has 0 aromatic heterocycles. The van der Waals surface area contributed by atoms with E-state index in [1.807, 2.05) is 0 Å². The summed E-state index contributed by atoms with van der Waals surface area (Å²) in [7, 11) is 0. The minimum atomic E-state index is -4.41. The average molecular weight is 326 g/mol. The molecule has 0 aliphatic heterocycles. The standard InChI is InChI=1S/C16H11ClF3NO/c17-13-7-3-11(4-8-13)15(22)9-14(21)10-1-5-12(6-2-10)16(18,19)20/h1-9H,21H2/b14-9-. The third-order valence-corrected chi connectivity index (χ3v) is 3.21. The van der Waals surface area contributed by atoms with Crippen LogP contribution in [0.1, 0.15) is 21.5 Å². The minimum Gasteiger partial charge on any atom is -0.398 e. The summed E-state index contributed by atoms with van der Waals surface area (Å²) in [6.45, 7) is 0. The third-order valence-electron chi connectivity index (χ3n) is 2.96. The van der Waals surface area contributed by atoms with Crippen LogP contribution < -0.4 is 5.73 Å². The molecular formula is C16H11ClF3NO. The molecule has 114 valence electrons. The fourth-order valence-corrected chi connectivity index (χ4v) is 1.90. The minimum absolute atomic E-state index is 0.0914. The highest BCUT2D eigenvalue weighted by Gasteiger charge is 2.29. The lowest BCUT2D eigenvalue weighted by molar-refractivity contribution is -0.137. The van der Waals surface area contributed by atoms with Crippen LogP contribution in [0.15, 0.2) is 54.6 Å². The SMILES string of the molecule is N/C(=C\C(=O)c1ccc(Cl)cc1)c1ccc(C(F)(F)F)cc1. The van der Waals surface area contributed by atoms with Crippen LogP contribution in [0.3, 0.4) is 0 Å². The van der Waals surface area contributed by atoms with Gasteiger partial charge in [-0.3, -0.25) is 4.79 Å². The van der Waals surface area contributed by atoms with Crippen molar-refractivity contribution in [3.05, 3.63) is 76.3 Å². The van der Waals surface area contributed by atoms with Crippen LogP contribution in [0, 0.1) is 0 Å². The Morgan fingerprint density at radius 1 is 0.955 bits per heavy atom. The van der Waals surface area contributed by atoms with E-state index in [1.165, 1.54) is 18.2 Å². The molecule has 2 nitrogen and oxygen atoms in total. The molecule has 2 N–H and O–H groups in total. The summed E-state index contributed by atoms with van der Waals surface area (Å²) in [6, 6.07) is 10.5. The van der Waals surface area contributed by atoms with Crippen LogP contribution in [-0.4, -0.2) is 5.78 Å². The van der Waals surface area contributed by atoms with Gasteiger partial charge in [0.1, 0.15) is 0 Å². The Kier molecular flexibility index (Phi) is 4.56. The Morgan fingerprint density at radius 3 is 1.95 bits per heavy atom. The molecule has 0 saturated heterocycles. The van der Waals surface area contributed by atoms with E-state index in [2.05, 4.69) is 0 Å². The maximum Gasteiger partial charge on any atom is 0.416 e. The molecule has 2 rings (SSSR count). The van der Waals surface area contributed by atoms with Crippen molar-refractivity contribution < 1.29 is 18.0 Å². The second-order valence-corrected chi connectivity index (χ2v) is 4.98. The van der Waals surface area contributed by atoms with Gasteiger partial charge in [-0.05, 0) is 42.0 Å². The van der Waals surface area contributed by atoms with E-state index in [-0.39, 0.29) is 11.5 Å². The first-order valence-corrected chi connectivity index (χ1v) is 6.60. The van der Waals surface area contributed by atoms with E-state index >= 15 is 0 Å². The Morgan fingerprint density at radius 2 is 1.45 bits per heavy atom. The summed E-state index contributed by atoms with van der Waals surface area (Å²) in [5.74, 6) is -0.353. The molecule has 0 atom stereocenters. The predicted octanol–water partition coefficient (Wildman–Crippen LogP) is 4.54. The molecular weight excluding hydrogens is 315 g/mol. The quantitative estimate of drug-likeness (QED) is 0.665. The van der Waals surface area contributed by atoms with Gasteiger partial charge in [-0.15, -0.1) is 0 Å². The van der Waals surface area contributed by atoms with Gasteiger partial charge in [0.05, 0.1) is 5.56 Å². The van der Waals surface area contributed by atoms with E-state index in [9.17, 15) is 18.0 Å². The second-order valence-electron chi connectivity index (χ2n) is 4.55. The van der Waals surface area contributed by atoms with Crippen LogP contribution in [0.4, 0.5) is 13.2 Å². The van der Waals surface area contributed by atoms with Crippen molar-refractivity contribution in [3.8, 4) is 0 Å². The summed E-state index contributed by atoms with van der Waals surface area (Å²) >= 11 is 5.73. The number of carbonyl (C=O) groups excluding carboxylic acids is 1. The lowest BCUT2D eigenvalue weighted by Gasteiger charge is -2.07. The first-order valence-electron chi connectivity index (χ1n) is 6.22. The first-order chi connectivity index (χ1) is 10.3. The number of nitrogens with two attached hydrogens (primary N) is 1. The van der Waals surface area contributed by atoms with Crippen molar-refractivity contribution in [1.82, 2.24) is 0 Å². The lowest BCUT2D eigenvalue weighted by atomic mass is 10.1. The molecule has 0 spiro atoms. The molecule has 0 bridgehead atoms. The van der Waals surface area contributed by atoms with E-state index in [4.69, 9.17) is 17.3 Å². The van der Waals surface area contributed by atoms with E-state index in [0.717, 1.165) is 12.1 Å². The summed E-state index contributed by atoms with van der Waals surface area (Å²) in [4.78, 5) is 12.0. The number of hydrogen-bond donors (Lipinski definition) is 1. The van der Waals surface area contributed by atoms with Gasteiger partial charge in [0.2, 0.25) is 0 Å². The number of rotatable bonds is 3. The Hall–Kier alpha value is -2.27. The maximum atomic E-state index is 12.5. The topological polar surface area (TPSA) is 43.1 Å². The second kappa shape index (κ2) is 6.23. The van der Waals surface area contributed by atoms with Crippen LogP contribution in [0.2, 0.25) is 5.02 Å². The number of allylic oxidation sites excluding steroid dienone is 1. The summed E-state index contributed by atoms with van der Waals surface area (Å²) < 4.78 is 37.4. The zero-order chi connectivity index (χ0) is 16.3. The third kappa shape index (κ3) is 3.89. The molecule has 2 aromatic rings. The van der Waals surface area contributed by atoms with E-state index in [1.54, 1.807) is 24.3 Å². The van der Waals surface area contributed by atoms with E-state index in [0.29, 0.717) is 16.1 Å². The van der Waals surface area contributed by atoms with Gasteiger partial charge in [-0.2, -0.15) is 13.2 Å². The normalized spacial score (nSPS) is 12.3. The molecule has 0 aliphatic rings. The Balaban J connectivity index is 2.21. The number of ketones is 1. The van der Waals surface area contributed by atoms with Crippen LogP contribution >= 0.6 is 11.6 Å². The summed E-state index contributed by atoms with van der Waals surface area (Å²) in [5.41, 5.74) is 5.81. The van der Waals surface area contributed by atoms with Gasteiger partial charge in [0.25, 0.3) is 0 Å². The van der Waals surface area contributed by atoms with Crippen molar-refractivity contribution in [2.75, 3.05) is 0 Å². The molecule has 0 radical (unpaired) electrons. The number of hydrogen-bond acceptors (Lipinski definition) is 2. The fourth-order valence-electron chi connectivity index (χ4n) is 1.77. The van der Waals surface area contributed by atoms with Crippen LogP contribution in [0.25, 0.3) is 5.70 Å². The molecule has 0 amide bonds. The molecule has 0 heterocycles. The molecule has 2 aromatic carbocycles. The van der Waals surface area contributed by atoms with Gasteiger partial charge in [-0.1, -0.05) is 23.7 Å². The lowest BCUT2D eigenvalue weighted by Crippen LogP contribution is -2.06. The number of benzene rings is 2. The van der Waals surface area contributed by atoms with Crippen LogP contribution in [-0.2, 0) is 6.18 Å². The Labute approximate surface area is 130 Å². The monoisotopic (exact) mass is 325 g/mol. The number of halogens is 4. The van der Waals surface area contributed by atoms with Gasteiger partial charge in [0.15, 0.2) is 5.78 Å². The van der Waals surface area contributed by atoms with Crippen molar-refractivity contribution in [1.29, 1.82) is 0 Å². The molecule has 0 saturated carbocycles. The molecule has 0 aliphatic carbocycles. The van der Waals surface area contributed by atoms with Crippen molar-refractivity contribution in [2.24, 2.45) is 5.73 Å². The van der Waals surface area contributed by atoms with Gasteiger partial charge in [-0.25, -0.2) is 0 Å². The van der Waals surface area contributed by atoms with Gasteiger partial charge in [0, 0.05) is 22.4 Å². The average Bonchev–Trinajstić information content (AvgIpc) is 2.47. The highest BCUT2D eigenvalue weighted by molar-refractivity contribution is 6.30. The van der Waals surface area contributed by atoms with Crippen LogP contribution in [0.5, 0.6) is 0 Å². The first kappa shape index (κ1) is 16.1. The summed E-state index contributed by atoms with van der Waals surface area (Å²) in [6.07, 6.45) is -3.23. The molecule has 0 fully saturated rings. The molecule has 6 heteroatoms. The summed E-state index contributed by atoms with van der Waals surface area (Å²) in [5, 5.41) is 0.497. The highest BCUT2D eigenvalue weighted by Crippen LogP contribution is 2.29. The van der Waals surface area contributed by atoms with E-state index < -0.39 is 11.7 Å². The van der Waals surface area contributed by atoms with Crippen molar-refractivity contribution in [2.45, 2.75) is 6.18 Å². The van der Waals surface area contributed by atoms with Crippen molar-refractivity contribution >= 4 is 23.1 Å². The zero-order valence-corrected chi connectivity index (χ0v) is 11.9. The highest BCUT2D eigenvalue weighted by atomic mass is 35.5. The zero-order valence-electron chi connectivity index (χ0n) is 11.2. The fraction of sp³-hybridized carbons (Fsp3) is 0.0625. The number of carbonyl (C=O) groups is 1. The number of alkyl halides is 3. The molecule has 0 unspecified atom stereocenters. The van der Waals surface area contributed by atoms with Gasteiger partial charge < -0.3 is 5.73 Å². The molecule has 22 heavy (non-hydrogen) atoms. The Bertz CT molecular complexity index is 704. The largest absolute Gasteiger partial charge is 0.416 e.